The molecule has 0 unspecified atom stereocenters. The van der Waals surface area contributed by atoms with Crippen molar-refractivity contribution in [2.75, 3.05) is 0 Å². The lowest BCUT2D eigenvalue weighted by molar-refractivity contribution is 0.00578. The number of benzene rings is 1. The maximum absolute atomic E-state index is 13.1. The van der Waals surface area contributed by atoms with Crippen LogP contribution >= 0.6 is 0 Å². The van der Waals surface area contributed by atoms with Crippen molar-refractivity contribution in [3.63, 3.8) is 0 Å². The van der Waals surface area contributed by atoms with E-state index in [4.69, 9.17) is 9.31 Å². The molecule has 1 fully saturated rings. The summed E-state index contributed by atoms with van der Waals surface area (Å²) < 4.78 is 25.0. The van der Waals surface area contributed by atoms with Crippen molar-refractivity contribution < 1.29 is 13.7 Å². The molecule has 1 aromatic rings. The lowest BCUT2D eigenvalue weighted by atomic mass is 9.79. The third kappa shape index (κ3) is 2.32. The second kappa shape index (κ2) is 4.35. The van der Waals surface area contributed by atoms with Gasteiger partial charge in [0.05, 0.1) is 11.2 Å². The van der Waals surface area contributed by atoms with Crippen LogP contribution in [0.25, 0.3) is 0 Å². The van der Waals surface area contributed by atoms with Crippen molar-refractivity contribution >= 4 is 12.6 Å². The molecule has 0 radical (unpaired) electrons. The molecule has 1 aliphatic heterocycles. The molecule has 1 heterocycles. The van der Waals surface area contributed by atoms with Gasteiger partial charge in [-0.2, -0.15) is 0 Å². The highest BCUT2D eigenvalue weighted by Crippen LogP contribution is 2.36. The van der Waals surface area contributed by atoms with E-state index in [0.29, 0.717) is 5.56 Å². The molecule has 0 spiro atoms. The standard InChI is InChI=1S/C14H20BFO2/c1-10(16)11-6-8-12(9-7-11)15-17-13(2,3)14(4,5)18-15/h6-10H,1-5H3/t10-/m1/s1. The second-order valence-corrected chi connectivity index (χ2v) is 5.87. The summed E-state index contributed by atoms with van der Waals surface area (Å²) in [6, 6.07) is 7.30. The molecule has 0 aromatic heterocycles. The molecule has 1 aliphatic rings. The summed E-state index contributed by atoms with van der Waals surface area (Å²) in [7, 11) is -0.376. The summed E-state index contributed by atoms with van der Waals surface area (Å²) in [5, 5.41) is 0. The molecule has 98 valence electrons. The van der Waals surface area contributed by atoms with Gasteiger partial charge in [-0.05, 0) is 45.6 Å². The van der Waals surface area contributed by atoms with Crippen molar-refractivity contribution in [2.45, 2.75) is 52.0 Å². The first-order valence-electron chi connectivity index (χ1n) is 6.32. The van der Waals surface area contributed by atoms with Crippen molar-refractivity contribution in [3.05, 3.63) is 29.8 Å². The van der Waals surface area contributed by atoms with E-state index in [1.807, 2.05) is 39.8 Å². The first kappa shape index (κ1) is 13.6. The van der Waals surface area contributed by atoms with Gasteiger partial charge in [0.2, 0.25) is 0 Å². The number of hydrogen-bond donors (Lipinski definition) is 0. The molecule has 18 heavy (non-hydrogen) atoms. The Kier molecular flexibility index (Phi) is 3.28. The van der Waals surface area contributed by atoms with Crippen LogP contribution in [-0.2, 0) is 9.31 Å². The third-order valence-electron chi connectivity index (χ3n) is 3.92. The minimum absolute atomic E-state index is 0.344. The fraction of sp³-hybridized carbons (Fsp3) is 0.571. The van der Waals surface area contributed by atoms with Gasteiger partial charge in [0.1, 0.15) is 6.17 Å². The molecule has 2 nitrogen and oxygen atoms in total. The number of halogens is 1. The average molecular weight is 250 g/mol. The zero-order valence-corrected chi connectivity index (χ0v) is 11.7. The van der Waals surface area contributed by atoms with Crippen LogP contribution in [0.2, 0.25) is 0 Å². The van der Waals surface area contributed by atoms with Crippen LogP contribution < -0.4 is 5.46 Å². The Bertz CT molecular complexity index is 410. The molecular formula is C14H20BFO2. The summed E-state index contributed by atoms with van der Waals surface area (Å²) in [5.41, 5.74) is 0.918. The summed E-state index contributed by atoms with van der Waals surface area (Å²) in [5.74, 6) is 0. The zero-order chi connectivity index (χ0) is 13.6. The van der Waals surface area contributed by atoms with Crippen LogP contribution in [0.3, 0.4) is 0 Å². The summed E-state index contributed by atoms with van der Waals surface area (Å²) in [4.78, 5) is 0. The van der Waals surface area contributed by atoms with Crippen molar-refractivity contribution in [1.82, 2.24) is 0 Å². The van der Waals surface area contributed by atoms with Gasteiger partial charge in [0, 0.05) is 0 Å². The monoisotopic (exact) mass is 250 g/mol. The van der Waals surface area contributed by atoms with Crippen LogP contribution in [-0.4, -0.2) is 18.3 Å². The van der Waals surface area contributed by atoms with Gasteiger partial charge < -0.3 is 9.31 Å². The molecule has 2 rings (SSSR count). The van der Waals surface area contributed by atoms with Crippen LogP contribution in [0, 0.1) is 0 Å². The van der Waals surface area contributed by atoms with Gasteiger partial charge >= 0.3 is 7.12 Å². The predicted molar refractivity (Wildman–Crippen MR) is 71.7 cm³/mol. The van der Waals surface area contributed by atoms with Gasteiger partial charge in [0.25, 0.3) is 0 Å². The van der Waals surface area contributed by atoms with Crippen LogP contribution in [0.1, 0.15) is 46.4 Å². The third-order valence-corrected chi connectivity index (χ3v) is 3.92. The normalized spacial score (nSPS) is 23.1. The molecule has 1 saturated heterocycles. The molecule has 0 N–H and O–H groups in total. The summed E-state index contributed by atoms with van der Waals surface area (Å²) >= 11 is 0. The van der Waals surface area contributed by atoms with E-state index in [1.165, 1.54) is 6.92 Å². The highest BCUT2D eigenvalue weighted by atomic mass is 19.1. The SMILES string of the molecule is C[C@@H](F)c1ccc(B2OC(C)(C)C(C)(C)O2)cc1. The fourth-order valence-corrected chi connectivity index (χ4v) is 1.90. The van der Waals surface area contributed by atoms with E-state index in [1.54, 1.807) is 12.1 Å². The zero-order valence-electron chi connectivity index (χ0n) is 11.7. The maximum atomic E-state index is 13.1. The molecule has 0 saturated carbocycles. The number of hydrogen-bond acceptors (Lipinski definition) is 2. The van der Waals surface area contributed by atoms with Crippen molar-refractivity contribution in [3.8, 4) is 0 Å². The Balaban J connectivity index is 2.19. The van der Waals surface area contributed by atoms with E-state index in [9.17, 15) is 4.39 Å². The van der Waals surface area contributed by atoms with Gasteiger partial charge in [-0.3, -0.25) is 0 Å². The Morgan fingerprint density at radius 2 is 1.44 bits per heavy atom. The van der Waals surface area contributed by atoms with E-state index < -0.39 is 6.17 Å². The Morgan fingerprint density at radius 3 is 1.83 bits per heavy atom. The van der Waals surface area contributed by atoms with Gasteiger partial charge in [0.15, 0.2) is 0 Å². The minimum atomic E-state index is -0.947. The molecule has 1 aromatic carbocycles. The van der Waals surface area contributed by atoms with Crippen LogP contribution in [0.4, 0.5) is 4.39 Å². The molecule has 4 heteroatoms. The highest BCUT2D eigenvalue weighted by Gasteiger charge is 2.51. The van der Waals surface area contributed by atoms with E-state index in [0.717, 1.165) is 5.46 Å². The van der Waals surface area contributed by atoms with Crippen LogP contribution in [0.5, 0.6) is 0 Å². The van der Waals surface area contributed by atoms with Gasteiger partial charge in [-0.15, -0.1) is 0 Å². The fourth-order valence-electron chi connectivity index (χ4n) is 1.90. The van der Waals surface area contributed by atoms with E-state index in [-0.39, 0.29) is 18.3 Å². The summed E-state index contributed by atoms with van der Waals surface area (Å²) in [6.45, 7) is 9.61. The predicted octanol–water partition coefficient (Wildman–Crippen LogP) is 3.02. The maximum Gasteiger partial charge on any atom is 0.494 e. The first-order valence-corrected chi connectivity index (χ1v) is 6.32. The van der Waals surface area contributed by atoms with Gasteiger partial charge in [-0.25, -0.2) is 4.39 Å². The highest BCUT2D eigenvalue weighted by molar-refractivity contribution is 6.62. The van der Waals surface area contributed by atoms with Crippen molar-refractivity contribution in [1.29, 1.82) is 0 Å². The van der Waals surface area contributed by atoms with E-state index >= 15 is 0 Å². The van der Waals surface area contributed by atoms with Gasteiger partial charge in [-0.1, -0.05) is 24.3 Å². The first-order chi connectivity index (χ1) is 8.23. The molecule has 0 aliphatic carbocycles. The topological polar surface area (TPSA) is 18.5 Å². The largest absolute Gasteiger partial charge is 0.494 e. The Morgan fingerprint density at radius 1 is 1.00 bits per heavy atom. The quantitative estimate of drug-likeness (QED) is 0.751. The lowest BCUT2D eigenvalue weighted by Crippen LogP contribution is -2.41. The smallest absolute Gasteiger partial charge is 0.399 e. The average Bonchev–Trinajstić information content (AvgIpc) is 2.48. The van der Waals surface area contributed by atoms with Crippen molar-refractivity contribution in [2.24, 2.45) is 0 Å². The van der Waals surface area contributed by atoms with E-state index in [2.05, 4.69) is 0 Å². The molecule has 0 bridgehead atoms. The number of rotatable bonds is 2. The molecular weight excluding hydrogens is 230 g/mol. The Labute approximate surface area is 109 Å². The molecule has 0 amide bonds. The number of alkyl halides is 1. The van der Waals surface area contributed by atoms with Crippen LogP contribution in [0.15, 0.2) is 24.3 Å². The lowest BCUT2D eigenvalue weighted by Gasteiger charge is -2.32. The molecule has 1 atom stereocenters. The Hall–Kier alpha value is -0.865. The minimum Gasteiger partial charge on any atom is -0.399 e. The second-order valence-electron chi connectivity index (χ2n) is 5.87. The summed E-state index contributed by atoms with van der Waals surface area (Å²) in [6.07, 6.45) is -0.947.